The Labute approximate surface area is 190 Å². The first-order valence-corrected chi connectivity index (χ1v) is 3.60. The zero-order chi connectivity index (χ0) is 5.98. The van der Waals surface area contributed by atoms with Gasteiger partial charge in [-0.1, -0.05) is 0 Å². The second kappa shape index (κ2) is 19.4. The molecule has 0 bridgehead atoms. The van der Waals surface area contributed by atoms with E-state index in [9.17, 15) is 4.57 Å². The normalized spacial score (nSPS) is 24.4. The van der Waals surface area contributed by atoms with Gasteiger partial charge < -0.3 is 10.3 Å². The van der Waals surface area contributed by atoms with Gasteiger partial charge in [0.05, 0.1) is 6.61 Å². The van der Waals surface area contributed by atoms with E-state index in [-0.39, 0.29) is 154 Å². The SMILES string of the molecule is NC1CCO[PH](=O)O1.[Na].[Na].[Na].[Na].[Na]. The maximum atomic E-state index is 10.3. The first-order valence-electron chi connectivity index (χ1n) is 2.38. The van der Waals surface area contributed by atoms with Crippen molar-refractivity contribution in [2.75, 3.05) is 6.61 Å². The molecule has 1 saturated heterocycles. The van der Waals surface area contributed by atoms with Crippen molar-refractivity contribution in [2.24, 2.45) is 5.73 Å². The molecule has 0 aromatic rings. The second-order valence-corrected chi connectivity index (χ2v) is 2.57. The fourth-order valence-corrected chi connectivity index (χ4v) is 1.19. The van der Waals surface area contributed by atoms with Gasteiger partial charge in [0.1, 0.15) is 6.23 Å². The number of nitrogens with two attached hydrogens (primary N) is 1. The predicted molar refractivity (Wildman–Crippen MR) is 57.4 cm³/mol. The van der Waals surface area contributed by atoms with Crippen LogP contribution in [0.15, 0.2) is 0 Å². The van der Waals surface area contributed by atoms with E-state index in [1.165, 1.54) is 0 Å². The minimum absolute atomic E-state index is 0. The van der Waals surface area contributed by atoms with Gasteiger partial charge in [0.15, 0.2) is 0 Å². The van der Waals surface area contributed by atoms with Gasteiger partial charge in [-0.25, -0.2) is 0 Å². The van der Waals surface area contributed by atoms with Crippen LogP contribution >= 0.6 is 8.25 Å². The molecule has 1 heterocycles. The first-order chi connectivity index (χ1) is 3.79. The topological polar surface area (TPSA) is 61.5 Å². The molecule has 1 rings (SSSR count). The van der Waals surface area contributed by atoms with Crippen molar-refractivity contribution in [3.63, 3.8) is 0 Å². The number of rotatable bonds is 0. The Morgan fingerprint density at radius 1 is 1.15 bits per heavy atom. The third kappa shape index (κ3) is 17.1. The number of hydrogen-bond donors (Lipinski definition) is 1. The van der Waals surface area contributed by atoms with Crippen molar-refractivity contribution in [1.82, 2.24) is 0 Å². The molecule has 5 radical (unpaired) electrons. The molecule has 0 spiro atoms. The van der Waals surface area contributed by atoms with Gasteiger partial charge in [0, 0.05) is 154 Å². The van der Waals surface area contributed by atoms with E-state index in [2.05, 4.69) is 9.05 Å². The summed E-state index contributed by atoms with van der Waals surface area (Å²) >= 11 is 0. The fraction of sp³-hybridized carbons (Fsp3) is 1.00. The third-order valence-corrected chi connectivity index (χ3v) is 1.80. The maximum Gasteiger partial charge on any atom is 0.320 e. The zero-order valence-corrected chi connectivity index (χ0v) is 20.3. The van der Waals surface area contributed by atoms with Crippen molar-refractivity contribution in [3.8, 4) is 0 Å². The second-order valence-electron chi connectivity index (χ2n) is 1.54. The molecular weight excluding hydrogens is 244 g/mol. The standard InChI is InChI=1S/C3H8NO3P.5Na/c4-3-1-2-6-8(5)7-3;;;;;/h3,8H,1-2,4H2;;;;;. The Balaban J connectivity index is -0.0000000427. The molecule has 53 valence electrons. The minimum Gasteiger partial charge on any atom is -0.310 e. The van der Waals surface area contributed by atoms with Gasteiger partial charge in [-0.15, -0.1) is 0 Å². The van der Waals surface area contributed by atoms with Crippen LogP contribution in [0.25, 0.3) is 0 Å². The molecule has 1 aliphatic rings. The summed E-state index contributed by atoms with van der Waals surface area (Å²) in [6.07, 6.45) is 0.256. The molecule has 0 aromatic heterocycles. The average Bonchev–Trinajstić information content (AvgIpc) is 1.64. The van der Waals surface area contributed by atoms with Crippen LogP contribution in [0.1, 0.15) is 6.42 Å². The Bertz CT molecular complexity index is 119. The molecule has 10 heteroatoms. The van der Waals surface area contributed by atoms with Crippen LogP contribution < -0.4 is 5.73 Å². The molecule has 0 saturated carbocycles. The van der Waals surface area contributed by atoms with Crippen molar-refractivity contribution in [1.29, 1.82) is 0 Å². The summed E-state index contributed by atoms with van der Waals surface area (Å²) < 4.78 is 19.5. The van der Waals surface area contributed by atoms with Gasteiger partial charge in [-0.3, -0.25) is 9.09 Å². The van der Waals surface area contributed by atoms with E-state index >= 15 is 0 Å². The predicted octanol–water partition coefficient (Wildman–Crippen LogP) is -1.81. The van der Waals surface area contributed by atoms with Crippen molar-refractivity contribution in [3.05, 3.63) is 0 Å². The smallest absolute Gasteiger partial charge is 0.310 e. The van der Waals surface area contributed by atoms with E-state index in [4.69, 9.17) is 5.73 Å². The van der Waals surface area contributed by atoms with Crippen molar-refractivity contribution >= 4 is 156 Å². The summed E-state index contributed by atoms with van der Waals surface area (Å²) in [4.78, 5) is 0. The third-order valence-electron chi connectivity index (χ3n) is 0.870. The molecule has 0 aromatic carbocycles. The maximum absolute atomic E-state index is 10.3. The Morgan fingerprint density at radius 3 is 1.85 bits per heavy atom. The van der Waals surface area contributed by atoms with Crippen LogP contribution in [0.5, 0.6) is 0 Å². The van der Waals surface area contributed by atoms with E-state index in [1.807, 2.05) is 0 Å². The molecule has 2 atom stereocenters. The molecule has 1 fully saturated rings. The summed E-state index contributed by atoms with van der Waals surface area (Å²) in [5.74, 6) is 0. The van der Waals surface area contributed by atoms with Crippen molar-refractivity contribution < 1.29 is 13.6 Å². The minimum atomic E-state index is -2.22. The molecular formula is C3H8NNa5O3P. The molecule has 0 amide bonds. The van der Waals surface area contributed by atoms with Gasteiger partial charge in [0.25, 0.3) is 0 Å². The van der Waals surface area contributed by atoms with Crippen LogP contribution in [0, 0.1) is 0 Å². The molecule has 2 unspecified atom stereocenters. The summed E-state index contributed by atoms with van der Waals surface area (Å²) in [6.45, 7) is 0.457. The fourth-order valence-electron chi connectivity index (χ4n) is 0.475. The van der Waals surface area contributed by atoms with E-state index in [0.717, 1.165) is 0 Å². The van der Waals surface area contributed by atoms with E-state index in [1.54, 1.807) is 0 Å². The molecule has 0 aliphatic carbocycles. The van der Waals surface area contributed by atoms with Crippen LogP contribution in [0.3, 0.4) is 0 Å². The summed E-state index contributed by atoms with van der Waals surface area (Å²) in [6, 6.07) is 0. The van der Waals surface area contributed by atoms with Crippen molar-refractivity contribution in [2.45, 2.75) is 12.6 Å². The van der Waals surface area contributed by atoms with Crippen LogP contribution in [0.2, 0.25) is 0 Å². The monoisotopic (exact) mass is 252 g/mol. The van der Waals surface area contributed by atoms with Crippen LogP contribution in [-0.2, 0) is 13.6 Å². The van der Waals surface area contributed by atoms with Crippen LogP contribution in [0.4, 0.5) is 0 Å². The van der Waals surface area contributed by atoms with Gasteiger partial charge >= 0.3 is 8.25 Å². The quantitative estimate of drug-likeness (QED) is 0.408. The molecule has 2 N–H and O–H groups in total. The molecule has 4 nitrogen and oxygen atoms in total. The average molecular weight is 252 g/mol. The summed E-state index contributed by atoms with van der Waals surface area (Å²) in [7, 11) is -2.22. The van der Waals surface area contributed by atoms with Gasteiger partial charge in [0.2, 0.25) is 0 Å². The van der Waals surface area contributed by atoms with E-state index in [0.29, 0.717) is 13.0 Å². The van der Waals surface area contributed by atoms with E-state index < -0.39 is 8.25 Å². The Morgan fingerprint density at radius 2 is 1.62 bits per heavy atom. The Kier molecular flexibility index (Phi) is 46.2. The zero-order valence-electron chi connectivity index (χ0n) is 9.29. The largest absolute Gasteiger partial charge is 0.320 e. The van der Waals surface area contributed by atoms with Gasteiger partial charge in [-0.05, 0) is 0 Å². The van der Waals surface area contributed by atoms with Gasteiger partial charge in [-0.2, -0.15) is 0 Å². The number of hydrogen-bond acceptors (Lipinski definition) is 4. The summed E-state index contributed by atoms with van der Waals surface area (Å²) in [5, 5.41) is 0. The molecule has 13 heavy (non-hydrogen) atoms. The first kappa shape index (κ1) is 30.8. The Hall–Kier alpha value is 5.11. The van der Waals surface area contributed by atoms with Crippen LogP contribution in [-0.4, -0.2) is 161 Å². The summed E-state index contributed by atoms with van der Waals surface area (Å²) in [5.41, 5.74) is 5.25. The molecule has 1 aliphatic heterocycles.